The van der Waals surface area contributed by atoms with E-state index in [0.717, 1.165) is 16.4 Å². The third kappa shape index (κ3) is 4.44. The highest BCUT2D eigenvalue weighted by Crippen LogP contribution is 2.44. The van der Waals surface area contributed by atoms with E-state index in [9.17, 15) is 14.4 Å². The van der Waals surface area contributed by atoms with Crippen LogP contribution < -0.4 is 0 Å². The Morgan fingerprint density at radius 1 is 1.06 bits per heavy atom. The number of nitrogens with zero attached hydrogens (tertiary/aromatic N) is 4. The van der Waals surface area contributed by atoms with Crippen LogP contribution >= 0.6 is 11.8 Å². The fourth-order valence-electron chi connectivity index (χ4n) is 4.67. The maximum absolute atomic E-state index is 13.3. The molecular formula is C26H26N4O5S. The Balaban J connectivity index is 1.32. The minimum absolute atomic E-state index is 0.0362. The summed E-state index contributed by atoms with van der Waals surface area (Å²) >= 11 is 1.44. The lowest BCUT2D eigenvalue weighted by molar-refractivity contribution is -0.136. The molecule has 0 radical (unpaired) electrons. The molecule has 1 fully saturated rings. The zero-order valence-electron chi connectivity index (χ0n) is 20.0. The number of fused-ring (bicyclic) bond motifs is 1. The molecule has 1 aromatic carbocycles. The van der Waals surface area contributed by atoms with Gasteiger partial charge in [0.1, 0.15) is 0 Å². The van der Waals surface area contributed by atoms with E-state index >= 15 is 0 Å². The lowest BCUT2D eigenvalue weighted by atomic mass is 9.94. The van der Waals surface area contributed by atoms with Crippen molar-refractivity contribution in [3.63, 3.8) is 0 Å². The molecule has 4 heterocycles. The molecule has 2 aromatic rings. The maximum atomic E-state index is 13.3. The molecule has 186 valence electrons. The van der Waals surface area contributed by atoms with Gasteiger partial charge in [0, 0.05) is 31.9 Å². The lowest BCUT2D eigenvalue weighted by Gasteiger charge is -2.37. The number of hydrogen-bond donors (Lipinski definition) is 0. The van der Waals surface area contributed by atoms with Crippen LogP contribution in [0.15, 0.2) is 80.5 Å². The summed E-state index contributed by atoms with van der Waals surface area (Å²) in [5.41, 5.74) is 2.75. The van der Waals surface area contributed by atoms with Gasteiger partial charge in [0.15, 0.2) is 10.9 Å². The second kappa shape index (κ2) is 10.1. The van der Waals surface area contributed by atoms with Gasteiger partial charge in [-0.25, -0.2) is 9.79 Å². The number of carbonyl (C=O) groups is 3. The van der Waals surface area contributed by atoms with Gasteiger partial charge in [0.2, 0.25) is 5.91 Å². The molecule has 9 nitrogen and oxygen atoms in total. The number of rotatable bonds is 5. The molecule has 5 rings (SSSR count). The molecular weight excluding hydrogens is 480 g/mol. The van der Waals surface area contributed by atoms with Crippen LogP contribution in [0.4, 0.5) is 0 Å². The maximum Gasteiger partial charge on any atom is 0.338 e. The summed E-state index contributed by atoms with van der Waals surface area (Å²) in [5, 5.41) is 2.65. The van der Waals surface area contributed by atoms with Gasteiger partial charge in [0.05, 0.1) is 37.1 Å². The number of aliphatic imine (C=N–C) groups is 1. The molecule has 0 N–H and O–H groups in total. The predicted molar refractivity (Wildman–Crippen MR) is 135 cm³/mol. The quantitative estimate of drug-likeness (QED) is 0.574. The number of hydrogen-bond acceptors (Lipinski definition) is 8. The zero-order chi connectivity index (χ0) is 25.2. The first-order valence-corrected chi connectivity index (χ1v) is 12.5. The summed E-state index contributed by atoms with van der Waals surface area (Å²) in [6.45, 7) is 3.58. The summed E-state index contributed by atoms with van der Waals surface area (Å²) < 4.78 is 10.3. The first-order chi connectivity index (χ1) is 17.5. The van der Waals surface area contributed by atoms with Gasteiger partial charge >= 0.3 is 5.97 Å². The highest BCUT2D eigenvalue weighted by Gasteiger charge is 2.41. The van der Waals surface area contributed by atoms with Gasteiger partial charge < -0.3 is 23.9 Å². The minimum Gasteiger partial charge on any atom is -0.466 e. The van der Waals surface area contributed by atoms with Crippen LogP contribution in [-0.4, -0.2) is 70.9 Å². The van der Waals surface area contributed by atoms with Crippen molar-refractivity contribution >= 4 is 34.7 Å². The molecule has 1 atom stereocenters. The Hall–Kier alpha value is -3.79. The monoisotopic (exact) mass is 506 g/mol. The summed E-state index contributed by atoms with van der Waals surface area (Å²) in [7, 11) is 1.36. The van der Waals surface area contributed by atoms with Crippen LogP contribution in [0.25, 0.3) is 0 Å². The second-order valence-electron chi connectivity index (χ2n) is 8.62. The van der Waals surface area contributed by atoms with E-state index in [4.69, 9.17) is 9.15 Å². The van der Waals surface area contributed by atoms with Crippen molar-refractivity contribution in [2.24, 2.45) is 4.99 Å². The SMILES string of the molecule is COC(=O)C1=C(C)N=C2SC=C(CC(=O)N3CCN(C(=O)c4ccco4)CC3)N2[C@@H]1c1ccccc1. The first-order valence-electron chi connectivity index (χ1n) is 11.7. The van der Waals surface area contributed by atoms with Crippen LogP contribution in [0, 0.1) is 0 Å². The zero-order valence-corrected chi connectivity index (χ0v) is 20.9. The number of methoxy groups -OCH3 is 1. The Morgan fingerprint density at radius 3 is 2.44 bits per heavy atom. The molecule has 1 aromatic heterocycles. The fraction of sp³-hybridized carbons (Fsp3) is 0.308. The number of thioether (sulfide) groups is 1. The molecule has 0 aliphatic carbocycles. The summed E-state index contributed by atoms with van der Waals surface area (Å²) in [6, 6.07) is 12.6. The lowest BCUT2D eigenvalue weighted by Crippen LogP contribution is -2.50. The third-order valence-electron chi connectivity index (χ3n) is 6.51. The number of furan rings is 1. The standard InChI is InChI=1S/C26H26N4O5S/c1-17-22(25(33)34-2)23(18-7-4-3-5-8-18)30-19(16-36-26(30)27-17)15-21(31)28-10-12-29(13-11-28)24(32)20-9-6-14-35-20/h3-9,14,16,23H,10-13,15H2,1-2H3/t23-/m1/s1. The molecule has 36 heavy (non-hydrogen) atoms. The highest BCUT2D eigenvalue weighted by molar-refractivity contribution is 8.16. The predicted octanol–water partition coefficient (Wildman–Crippen LogP) is 3.40. The largest absolute Gasteiger partial charge is 0.466 e. The van der Waals surface area contributed by atoms with Crippen LogP contribution in [0.5, 0.6) is 0 Å². The molecule has 1 saturated heterocycles. The van der Waals surface area contributed by atoms with E-state index in [1.807, 2.05) is 40.6 Å². The molecule has 10 heteroatoms. The Kier molecular flexibility index (Phi) is 6.69. The molecule has 3 aliphatic heterocycles. The summed E-state index contributed by atoms with van der Waals surface area (Å²) in [4.78, 5) is 48.7. The van der Waals surface area contributed by atoms with E-state index in [1.54, 1.807) is 28.9 Å². The van der Waals surface area contributed by atoms with Crippen molar-refractivity contribution in [3.8, 4) is 0 Å². The number of benzene rings is 1. The average Bonchev–Trinajstić information content (AvgIpc) is 3.58. The summed E-state index contributed by atoms with van der Waals surface area (Å²) in [6.07, 6.45) is 1.64. The Labute approximate surface area is 213 Å². The Bertz CT molecular complexity index is 1260. The van der Waals surface area contributed by atoms with Crippen LogP contribution in [-0.2, 0) is 14.3 Å². The van der Waals surface area contributed by atoms with E-state index < -0.39 is 12.0 Å². The number of esters is 1. The van der Waals surface area contributed by atoms with Crippen LogP contribution in [0.3, 0.4) is 0 Å². The highest BCUT2D eigenvalue weighted by atomic mass is 32.2. The number of ether oxygens (including phenoxy) is 1. The minimum atomic E-state index is -0.442. The molecule has 3 aliphatic rings. The van der Waals surface area contributed by atoms with E-state index in [0.29, 0.717) is 43.2 Å². The number of piperazine rings is 1. The van der Waals surface area contributed by atoms with E-state index in [1.165, 1.54) is 25.1 Å². The third-order valence-corrected chi connectivity index (χ3v) is 7.39. The Morgan fingerprint density at radius 2 is 1.78 bits per heavy atom. The topological polar surface area (TPSA) is 95.7 Å². The number of allylic oxidation sites excluding steroid dienone is 1. The first kappa shape index (κ1) is 23.9. The van der Waals surface area contributed by atoms with Crippen molar-refractivity contribution in [2.75, 3.05) is 33.3 Å². The van der Waals surface area contributed by atoms with Gasteiger partial charge in [-0.2, -0.15) is 0 Å². The van der Waals surface area contributed by atoms with Crippen molar-refractivity contribution in [3.05, 3.63) is 82.4 Å². The molecule has 0 unspecified atom stereocenters. The summed E-state index contributed by atoms with van der Waals surface area (Å²) in [5.74, 6) is -0.342. The molecule has 0 saturated carbocycles. The van der Waals surface area contributed by atoms with Crippen molar-refractivity contribution in [1.82, 2.24) is 14.7 Å². The normalized spacial score (nSPS) is 19.6. The van der Waals surface area contributed by atoms with Gasteiger partial charge in [-0.15, -0.1) is 0 Å². The van der Waals surface area contributed by atoms with Gasteiger partial charge in [-0.1, -0.05) is 42.1 Å². The smallest absolute Gasteiger partial charge is 0.338 e. The number of amides is 2. The van der Waals surface area contributed by atoms with E-state index in [2.05, 4.69) is 4.99 Å². The second-order valence-corrected chi connectivity index (χ2v) is 9.46. The molecule has 2 amide bonds. The van der Waals surface area contributed by atoms with Gasteiger partial charge in [-0.05, 0) is 30.0 Å². The van der Waals surface area contributed by atoms with Gasteiger partial charge in [0.25, 0.3) is 5.91 Å². The van der Waals surface area contributed by atoms with Gasteiger partial charge in [-0.3, -0.25) is 9.59 Å². The fourth-order valence-corrected chi connectivity index (χ4v) is 5.64. The van der Waals surface area contributed by atoms with Crippen LogP contribution in [0.1, 0.15) is 35.5 Å². The number of amidine groups is 1. The van der Waals surface area contributed by atoms with Crippen molar-refractivity contribution < 1.29 is 23.5 Å². The number of carbonyl (C=O) groups excluding carboxylic acids is 3. The average molecular weight is 507 g/mol. The molecule has 0 spiro atoms. The molecule has 0 bridgehead atoms. The van der Waals surface area contributed by atoms with Crippen molar-refractivity contribution in [1.29, 1.82) is 0 Å². The van der Waals surface area contributed by atoms with Crippen LogP contribution in [0.2, 0.25) is 0 Å². The van der Waals surface area contributed by atoms with Crippen molar-refractivity contribution in [2.45, 2.75) is 19.4 Å². The van der Waals surface area contributed by atoms with E-state index in [-0.39, 0.29) is 18.2 Å².